The summed E-state index contributed by atoms with van der Waals surface area (Å²) in [6.45, 7) is 1.04. The van der Waals surface area contributed by atoms with E-state index in [1.807, 2.05) is 0 Å². The van der Waals surface area contributed by atoms with Crippen molar-refractivity contribution in [1.82, 2.24) is 14.5 Å². The number of rotatable bonds is 4. The molecule has 0 spiro atoms. The molecule has 1 amide bonds. The standard InChI is InChI=1S/C9H11F3N4O3/c1-6-13-5-7(16(18)19)15(6)4-3-14(2)8(17)9(10,11)12/h5H,3-4H2,1-2H3. The lowest BCUT2D eigenvalue weighted by molar-refractivity contribution is -0.392. The van der Waals surface area contributed by atoms with Crippen molar-refractivity contribution in [2.75, 3.05) is 13.6 Å². The molecule has 0 unspecified atom stereocenters. The second-order valence-electron chi connectivity index (χ2n) is 3.80. The molecule has 10 heteroatoms. The van der Waals surface area contributed by atoms with Crippen LogP contribution in [0.5, 0.6) is 0 Å². The largest absolute Gasteiger partial charge is 0.471 e. The van der Waals surface area contributed by atoms with Gasteiger partial charge in [-0.15, -0.1) is 0 Å². The van der Waals surface area contributed by atoms with E-state index in [-0.39, 0.29) is 18.9 Å². The molecule has 0 aliphatic rings. The third kappa shape index (κ3) is 3.42. The highest BCUT2D eigenvalue weighted by atomic mass is 19.4. The van der Waals surface area contributed by atoms with Gasteiger partial charge >= 0.3 is 17.9 Å². The molecule has 0 radical (unpaired) electrons. The number of likely N-dealkylation sites (N-methyl/N-ethyl adjacent to an activating group) is 1. The molecule has 0 N–H and O–H groups in total. The van der Waals surface area contributed by atoms with Crippen LogP contribution in [-0.2, 0) is 11.3 Å². The van der Waals surface area contributed by atoms with Crippen LogP contribution in [-0.4, -0.2) is 45.1 Å². The molecule has 0 saturated carbocycles. The molecule has 1 heterocycles. The average Bonchev–Trinajstić information content (AvgIpc) is 2.65. The van der Waals surface area contributed by atoms with Gasteiger partial charge in [0.15, 0.2) is 5.82 Å². The molecule has 0 aliphatic heterocycles. The first-order valence-electron chi connectivity index (χ1n) is 5.13. The molecule has 7 nitrogen and oxygen atoms in total. The Labute approximate surface area is 105 Å². The van der Waals surface area contributed by atoms with Gasteiger partial charge in [0.2, 0.25) is 0 Å². The smallest absolute Gasteiger partial charge is 0.358 e. The van der Waals surface area contributed by atoms with E-state index >= 15 is 0 Å². The highest BCUT2D eigenvalue weighted by Crippen LogP contribution is 2.18. The van der Waals surface area contributed by atoms with Crippen LogP contribution in [0.3, 0.4) is 0 Å². The summed E-state index contributed by atoms with van der Waals surface area (Å²) >= 11 is 0. The summed E-state index contributed by atoms with van der Waals surface area (Å²) in [5.41, 5.74) is 0. The van der Waals surface area contributed by atoms with E-state index < -0.39 is 17.0 Å². The van der Waals surface area contributed by atoms with Crippen molar-refractivity contribution < 1.29 is 22.9 Å². The van der Waals surface area contributed by atoms with Crippen molar-refractivity contribution in [3.63, 3.8) is 0 Å². The second kappa shape index (κ2) is 5.24. The third-order valence-corrected chi connectivity index (χ3v) is 2.47. The Morgan fingerprint density at radius 3 is 2.63 bits per heavy atom. The van der Waals surface area contributed by atoms with E-state index in [1.165, 1.54) is 6.92 Å². The number of aromatic nitrogens is 2. The van der Waals surface area contributed by atoms with E-state index in [0.29, 0.717) is 10.7 Å². The Balaban J connectivity index is 2.75. The number of carbonyl (C=O) groups excluding carboxylic acids is 1. The lowest BCUT2D eigenvalue weighted by atomic mass is 10.4. The Bertz CT molecular complexity index is 497. The zero-order chi connectivity index (χ0) is 14.8. The van der Waals surface area contributed by atoms with Gasteiger partial charge in [0, 0.05) is 14.0 Å². The highest BCUT2D eigenvalue weighted by molar-refractivity contribution is 5.81. The van der Waals surface area contributed by atoms with Crippen molar-refractivity contribution in [1.29, 1.82) is 0 Å². The summed E-state index contributed by atoms with van der Waals surface area (Å²) in [4.78, 5) is 25.0. The summed E-state index contributed by atoms with van der Waals surface area (Å²) in [6.07, 6.45) is -3.94. The van der Waals surface area contributed by atoms with E-state index in [4.69, 9.17) is 0 Å². The molecule has 0 fully saturated rings. The number of carbonyl (C=O) groups is 1. The van der Waals surface area contributed by atoms with E-state index in [1.54, 1.807) is 0 Å². The fraction of sp³-hybridized carbons (Fsp3) is 0.556. The number of nitrogens with zero attached hydrogens (tertiary/aromatic N) is 4. The van der Waals surface area contributed by atoms with Crippen LogP contribution in [0.4, 0.5) is 19.0 Å². The van der Waals surface area contributed by atoms with Gasteiger partial charge in [-0.1, -0.05) is 0 Å². The molecule has 1 rings (SSSR count). The molecule has 0 saturated heterocycles. The van der Waals surface area contributed by atoms with E-state index in [9.17, 15) is 28.1 Å². The number of aryl methyl sites for hydroxylation is 1. The lowest BCUT2D eigenvalue weighted by Gasteiger charge is -2.17. The number of hydrogen-bond donors (Lipinski definition) is 0. The first-order valence-corrected chi connectivity index (χ1v) is 5.13. The molecule has 0 atom stereocenters. The first kappa shape index (κ1) is 14.9. The van der Waals surface area contributed by atoms with Crippen molar-refractivity contribution in [3.05, 3.63) is 22.1 Å². The second-order valence-corrected chi connectivity index (χ2v) is 3.80. The number of nitro groups is 1. The van der Waals surface area contributed by atoms with Crippen molar-refractivity contribution in [2.24, 2.45) is 0 Å². The van der Waals surface area contributed by atoms with Gasteiger partial charge in [0.25, 0.3) is 0 Å². The lowest BCUT2D eigenvalue weighted by Crippen LogP contribution is -2.40. The highest BCUT2D eigenvalue weighted by Gasteiger charge is 2.41. The van der Waals surface area contributed by atoms with Crippen molar-refractivity contribution >= 4 is 11.7 Å². The molecule has 0 aromatic carbocycles. The predicted molar refractivity (Wildman–Crippen MR) is 57.3 cm³/mol. The first-order chi connectivity index (χ1) is 8.64. The number of amides is 1. The molecular formula is C9H11F3N4O3. The van der Waals surface area contributed by atoms with Crippen LogP contribution in [0.1, 0.15) is 5.82 Å². The maximum atomic E-state index is 12.1. The average molecular weight is 280 g/mol. The zero-order valence-electron chi connectivity index (χ0n) is 10.1. The van der Waals surface area contributed by atoms with Crippen LogP contribution < -0.4 is 0 Å². The van der Waals surface area contributed by atoms with E-state index in [0.717, 1.165) is 17.8 Å². The Kier molecular flexibility index (Phi) is 4.12. The minimum atomic E-state index is -4.95. The number of halogens is 3. The van der Waals surface area contributed by atoms with Gasteiger partial charge in [0.05, 0.1) is 6.54 Å². The summed E-state index contributed by atoms with van der Waals surface area (Å²) in [6, 6.07) is 0. The van der Waals surface area contributed by atoms with Crippen LogP contribution in [0, 0.1) is 17.0 Å². The Hall–Kier alpha value is -2.13. The SMILES string of the molecule is Cc1ncc([N+](=O)[O-])n1CCN(C)C(=O)C(F)(F)F. The minimum absolute atomic E-state index is 0.138. The molecule has 1 aromatic heterocycles. The van der Waals surface area contributed by atoms with Gasteiger partial charge in [-0.25, -0.2) is 9.55 Å². The van der Waals surface area contributed by atoms with Crippen LogP contribution in [0.15, 0.2) is 6.20 Å². The minimum Gasteiger partial charge on any atom is -0.358 e. The predicted octanol–water partition coefficient (Wildman–Crippen LogP) is 1.12. The molecule has 1 aromatic rings. The fourth-order valence-electron chi connectivity index (χ4n) is 1.45. The van der Waals surface area contributed by atoms with Crippen LogP contribution in [0.25, 0.3) is 0 Å². The van der Waals surface area contributed by atoms with Crippen molar-refractivity contribution in [2.45, 2.75) is 19.6 Å². The Morgan fingerprint density at radius 2 is 2.16 bits per heavy atom. The maximum absolute atomic E-state index is 12.1. The van der Waals surface area contributed by atoms with Gasteiger partial charge in [-0.05, 0) is 4.92 Å². The maximum Gasteiger partial charge on any atom is 0.471 e. The molecule has 106 valence electrons. The van der Waals surface area contributed by atoms with Crippen molar-refractivity contribution in [3.8, 4) is 0 Å². The molecule has 0 bridgehead atoms. The summed E-state index contributed by atoms with van der Waals surface area (Å²) in [5, 5.41) is 10.7. The van der Waals surface area contributed by atoms with Gasteiger partial charge in [0.1, 0.15) is 12.7 Å². The number of imidazole rings is 1. The Morgan fingerprint density at radius 1 is 1.58 bits per heavy atom. The third-order valence-electron chi connectivity index (χ3n) is 2.47. The molecule has 0 aliphatic carbocycles. The van der Waals surface area contributed by atoms with Crippen LogP contribution in [0.2, 0.25) is 0 Å². The molecular weight excluding hydrogens is 269 g/mol. The number of hydrogen-bond acceptors (Lipinski definition) is 4. The summed E-state index contributed by atoms with van der Waals surface area (Å²) in [5.74, 6) is -2.03. The molecule has 19 heavy (non-hydrogen) atoms. The topological polar surface area (TPSA) is 81.3 Å². The van der Waals surface area contributed by atoms with Gasteiger partial charge < -0.3 is 15.0 Å². The number of alkyl halides is 3. The summed E-state index contributed by atoms with van der Waals surface area (Å²) in [7, 11) is 0.980. The van der Waals surface area contributed by atoms with E-state index in [2.05, 4.69) is 4.98 Å². The quantitative estimate of drug-likeness (QED) is 0.611. The normalized spacial score (nSPS) is 11.4. The zero-order valence-corrected chi connectivity index (χ0v) is 10.1. The summed E-state index contributed by atoms with van der Waals surface area (Å²) < 4.78 is 37.5. The van der Waals surface area contributed by atoms with Gasteiger partial charge in [-0.2, -0.15) is 13.2 Å². The van der Waals surface area contributed by atoms with Gasteiger partial charge in [-0.3, -0.25) is 4.79 Å². The monoisotopic (exact) mass is 280 g/mol. The van der Waals surface area contributed by atoms with Crippen LogP contribution >= 0.6 is 0 Å². The fourth-order valence-corrected chi connectivity index (χ4v) is 1.45.